The molecule has 0 saturated heterocycles. The lowest BCUT2D eigenvalue weighted by atomic mass is 9.77. The molecule has 2 fully saturated rings. The Hall–Kier alpha value is -1.36. The summed E-state index contributed by atoms with van der Waals surface area (Å²) in [5.74, 6) is 2.28. The average molecular weight is 412 g/mol. The average Bonchev–Trinajstić information content (AvgIpc) is 2.78. The summed E-state index contributed by atoms with van der Waals surface area (Å²) in [4.78, 5) is 0. The van der Waals surface area contributed by atoms with E-state index in [2.05, 4.69) is 19.1 Å². The molecule has 3 rings (SSSR count). The van der Waals surface area contributed by atoms with Crippen LogP contribution in [0.5, 0.6) is 0 Å². The number of aryl methyl sites for hydroxylation is 1. The fraction of sp³-hybridized carbons (Fsp3) is 0.750. The number of hydrogen-bond acceptors (Lipinski definition) is 1. The highest BCUT2D eigenvalue weighted by Gasteiger charge is 2.24. The van der Waals surface area contributed by atoms with Crippen LogP contribution in [0.2, 0.25) is 0 Å². The zero-order valence-corrected chi connectivity index (χ0v) is 19.2. The van der Waals surface area contributed by atoms with E-state index in [1.54, 1.807) is 6.07 Å². The van der Waals surface area contributed by atoms with Gasteiger partial charge >= 0.3 is 0 Å². The zero-order valence-electron chi connectivity index (χ0n) is 19.2. The van der Waals surface area contributed by atoms with Crippen LogP contribution in [0.4, 0.5) is 4.39 Å². The highest BCUT2D eigenvalue weighted by molar-refractivity contribution is 5.28. The van der Waals surface area contributed by atoms with Crippen LogP contribution in [0, 0.1) is 34.9 Å². The van der Waals surface area contributed by atoms with Gasteiger partial charge < -0.3 is 0 Å². The summed E-state index contributed by atoms with van der Waals surface area (Å²) >= 11 is 0. The SMILES string of the molecule is CCCCCCCC1CCC(CCc2ccc(C3CCC(C#N)CC3)c(F)c2)CC1. The molecule has 0 amide bonds. The molecule has 0 N–H and O–H groups in total. The fourth-order valence-corrected chi connectivity index (χ4v) is 5.81. The number of benzene rings is 1. The molecular formula is C28H42FN. The largest absolute Gasteiger partial charge is 0.207 e. The summed E-state index contributed by atoms with van der Waals surface area (Å²) in [6.07, 6.45) is 20.0. The molecule has 0 aliphatic heterocycles. The molecule has 1 aromatic carbocycles. The monoisotopic (exact) mass is 411 g/mol. The van der Waals surface area contributed by atoms with E-state index in [0.717, 1.165) is 49.5 Å². The van der Waals surface area contributed by atoms with E-state index >= 15 is 0 Å². The van der Waals surface area contributed by atoms with Crippen molar-refractivity contribution in [1.29, 1.82) is 5.26 Å². The topological polar surface area (TPSA) is 23.8 Å². The van der Waals surface area contributed by atoms with Crippen molar-refractivity contribution in [3.8, 4) is 6.07 Å². The van der Waals surface area contributed by atoms with Crippen LogP contribution in [0.15, 0.2) is 18.2 Å². The molecule has 0 spiro atoms. The third kappa shape index (κ3) is 7.11. The van der Waals surface area contributed by atoms with Gasteiger partial charge in [-0.2, -0.15) is 5.26 Å². The van der Waals surface area contributed by atoms with Gasteiger partial charge in [0.25, 0.3) is 0 Å². The summed E-state index contributed by atoms with van der Waals surface area (Å²) < 4.78 is 14.8. The van der Waals surface area contributed by atoms with Crippen molar-refractivity contribution in [3.05, 3.63) is 35.1 Å². The maximum atomic E-state index is 14.8. The third-order valence-electron chi connectivity index (χ3n) is 7.94. The van der Waals surface area contributed by atoms with Gasteiger partial charge in [0.15, 0.2) is 0 Å². The molecule has 0 aromatic heterocycles. The van der Waals surface area contributed by atoms with Gasteiger partial charge in [-0.25, -0.2) is 4.39 Å². The van der Waals surface area contributed by atoms with Crippen LogP contribution < -0.4 is 0 Å². The quantitative estimate of drug-likeness (QED) is 0.353. The third-order valence-corrected chi connectivity index (χ3v) is 7.94. The van der Waals surface area contributed by atoms with Gasteiger partial charge in [-0.3, -0.25) is 0 Å². The van der Waals surface area contributed by atoms with Gasteiger partial charge in [0, 0.05) is 5.92 Å². The van der Waals surface area contributed by atoms with E-state index in [0.29, 0.717) is 5.92 Å². The first-order valence-electron chi connectivity index (χ1n) is 12.9. The van der Waals surface area contributed by atoms with Gasteiger partial charge in [-0.15, -0.1) is 0 Å². The second-order valence-electron chi connectivity index (χ2n) is 10.2. The Morgan fingerprint density at radius 3 is 2.17 bits per heavy atom. The van der Waals surface area contributed by atoms with E-state index in [1.165, 1.54) is 76.2 Å². The number of halogens is 1. The molecule has 0 radical (unpaired) electrons. The van der Waals surface area contributed by atoms with Gasteiger partial charge in [-0.1, -0.05) is 83.3 Å². The first kappa shape index (κ1) is 23.3. The maximum absolute atomic E-state index is 14.8. The molecule has 0 bridgehead atoms. The van der Waals surface area contributed by atoms with Gasteiger partial charge in [0.05, 0.1) is 6.07 Å². The van der Waals surface area contributed by atoms with E-state index < -0.39 is 0 Å². The van der Waals surface area contributed by atoms with Crippen LogP contribution in [0.3, 0.4) is 0 Å². The number of unbranched alkanes of at least 4 members (excludes halogenated alkanes) is 4. The highest BCUT2D eigenvalue weighted by Crippen LogP contribution is 2.37. The van der Waals surface area contributed by atoms with Crippen molar-refractivity contribution < 1.29 is 4.39 Å². The maximum Gasteiger partial charge on any atom is 0.126 e. The first-order valence-corrected chi connectivity index (χ1v) is 12.9. The minimum atomic E-state index is -0.0142. The van der Waals surface area contributed by atoms with Crippen molar-refractivity contribution in [2.45, 2.75) is 116 Å². The van der Waals surface area contributed by atoms with Crippen LogP contribution in [-0.4, -0.2) is 0 Å². The fourth-order valence-electron chi connectivity index (χ4n) is 5.81. The molecule has 2 aliphatic rings. The number of nitriles is 1. The van der Waals surface area contributed by atoms with Gasteiger partial charge in [0.1, 0.15) is 5.82 Å². The lowest BCUT2D eigenvalue weighted by molar-refractivity contribution is 0.248. The lowest BCUT2D eigenvalue weighted by Crippen LogP contribution is -2.15. The molecule has 1 nitrogen and oxygen atoms in total. The van der Waals surface area contributed by atoms with Gasteiger partial charge in [0.2, 0.25) is 0 Å². The minimum absolute atomic E-state index is 0.0142. The van der Waals surface area contributed by atoms with Crippen LogP contribution in [0.1, 0.15) is 120 Å². The van der Waals surface area contributed by atoms with Crippen molar-refractivity contribution in [1.82, 2.24) is 0 Å². The van der Waals surface area contributed by atoms with Crippen molar-refractivity contribution in [2.24, 2.45) is 17.8 Å². The second-order valence-corrected chi connectivity index (χ2v) is 10.2. The second kappa shape index (κ2) is 12.5. The van der Waals surface area contributed by atoms with E-state index in [9.17, 15) is 4.39 Å². The molecule has 0 heterocycles. The Labute approximate surface area is 184 Å². The summed E-state index contributed by atoms with van der Waals surface area (Å²) in [5, 5.41) is 9.06. The molecule has 166 valence electrons. The minimum Gasteiger partial charge on any atom is -0.207 e. The number of hydrogen-bond donors (Lipinski definition) is 0. The van der Waals surface area contributed by atoms with Gasteiger partial charge in [-0.05, 0) is 73.5 Å². The summed E-state index contributed by atoms with van der Waals surface area (Å²) in [6.45, 7) is 2.28. The van der Waals surface area contributed by atoms with Crippen LogP contribution in [0.25, 0.3) is 0 Å². The smallest absolute Gasteiger partial charge is 0.126 e. The molecule has 0 unspecified atom stereocenters. The van der Waals surface area contributed by atoms with E-state index in [1.807, 2.05) is 6.07 Å². The summed E-state index contributed by atoms with van der Waals surface area (Å²) in [7, 11) is 0. The van der Waals surface area contributed by atoms with Crippen LogP contribution >= 0.6 is 0 Å². The molecule has 2 heteroatoms. The first-order chi connectivity index (χ1) is 14.7. The van der Waals surface area contributed by atoms with Crippen molar-refractivity contribution in [3.63, 3.8) is 0 Å². The Balaban J connectivity index is 1.36. The highest BCUT2D eigenvalue weighted by atomic mass is 19.1. The molecule has 1 aromatic rings. The van der Waals surface area contributed by atoms with Crippen LogP contribution in [-0.2, 0) is 6.42 Å². The van der Waals surface area contributed by atoms with E-state index in [-0.39, 0.29) is 11.7 Å². The number of nitrogens with zero attached hydrogens (tertiary/aromatic N) is 1. The van der Waals surface area contributed by atoms with E-state index in [4.69, 9.17) is 5.26 Å². The Bertz CT molecular complexity index is 660. The molecule has 2 aliphatic carbocycles. The standard InChI is InChI=1S/C28H42FN/c1-2-3-4-5-6-7-22-8-10-23(11-9-22)12-13-24-16-19-27(28(29)20-24)26-17-14-25(21-30)15-18-26/h16,19-20,22-23,25-26H,2-15,17-18H2,1H3. The molecular weight excluding hydrogens is 369 g/mol. The Kier molecular flexibility index (Phi) is 9.70. The normalized spacial score (nSPS) is 27.0. The van der Waals surface area contributed by atoms with Crippen molar-refractivity contribution >= 4 is 0 Å². The van der Waals surface area contributed by atoms with Crippen molar-refractivity contribution in [2.75, 3.05) is 0 Å². The predicted octanol–water partition coefficient (Wildman–Crippen LogP) is 8.72. The summed E-state index contributed by atoms with van der Waals surface area (Å²) in [5.41, 5.74) is 2.05. The Morgan fingerprint density at radius 1 is 0.867 bits per heavy atom. The Morgan fingerprint density at radius 2 is 1.53 bits per heavy atom. The lowest BCUT2D eigenvalue weighted by Gasteiger charge is -2.28. The summed E-state index contributed by atoms with van der Waals surface area (Å²) in [6, 6.07) is 8.38. The predicted molar refractivity (Wildman–Crippen MR) is 124 cm³/mol. The zero-order chi connectivity index (χ0) is 21.2. The molecule has 2 saturated carbocycles. The molecule has 30 heavy (non-hydrogen) atoms. The molecule has 0 atom stereocenters. The number of rotatable bonds is 10.